The van der Waals surface area contributed by atoms with E-state index in [9.17, 15) is 0 Å². The Morgan fingerprint density at radius 1 is 1.38 bits per heavy atom. The highest BCUT2D eigenvalue weighted by atomic mass is 35.5. The Bertz CT molecular complexity index is 145. The number of hydrogen-bond acceptors (Lipinski definition) is 1. The van der Waals surface area contributed by atoms with Gasteiger partial charge in [0.1, 0.15) is 0 Å². The maximum atomic E-state index is 5.50. The molecular formula is C5H5Cl2N. The number of halogens is 2. The van der Waals surface area contributed by atoms with Crippen molar-refractivity contribution in [3.05, 3.63) is 29.5 Å². The Morgan fingerprint density at radius 2 is 1.88 bits per heavy atom. The van der Waals surface area contributed by atoms with Crippen molar-refractivity contribution in [2.45, 2.75) is 0 Å². The molecule has 0 spiro atoms. The van der Waals surface area contributed by atoms with E-state index in [0.717, 1.165) is 5.02 Å². The molecule has 8 heavy (non-hydrogen) atoms. The first-order valence-corrected chi connectivity index (χ1v) is 2.33. The van der Waals surface area contributed by atoms with Gasteiger partial charge >= 0.3 is 1.43 Å². The molecule has 0 N–H and O–H groups in total. The van der Waals surface area contributed by atoms with Crippen LogP contribution in [0, 0.1) is 0 Å². The summed E-state index contributed by atoms with van der Waals surface area (Å²) in [7, 11) is 0. The Balaban J connectivity index is 0. The van der Waals surface area contributed by atoms with Gasteiger partial charge in [-0.25, -0.2) is 0 Å². The third-order valence-corrected chi connectivity index (χ3v) is 0.892. The molecule has 1 nitrogen and oxygen atoms in total. The van der Waals surface area contributed by atoms with Crippen LogP contribution in [-0.4, -0.2) is 4.98 Å². The molecular weight excluding hydrogens is 145 g/mol. The SMILES string of the molecule is Clc1ccncc1.[Cl-].[H+]. The molecule has 0 aliphatic heterocycles. The van der Waals surface area contributed by atoms with Crippen LogP contribution in [-0.2, 0) is 0 Å². The van der Waals surface area contributed by atoms with E-state index < -0.39 is 0 Å². The highest BCUT2D eigenvalue weighted by Gasteiger charge is 1.75. The van der Waals surface area contributed by atoms with E-state index in [1.54, 1.807) is 24.5 Å². The third-order valence-electron chi connectivity index (χ3n) is 0.640. The van der Waals surface area contributed by atoms with E-state index in [-0.39, 0.29) is 13.8 Å². The van der Waals surface area contributed by atoms with Gasteiger partial charge in [0.2, 0.25) is 0 Å². The van der Waals surface area contributed by atoms with Gasteiger partial charge in [-0.05, 0) is 12.1 Å². The van der Waals surface area contributed by atoms with Gasteiger partial charge in [-0.15, -0.1) is 0 Å². The molecule has 1 aromatic heterocycles. The number of nitrogens with zero attached hydrogens (tertiary/aromatic N) is 1. The average Bonchev–Trinajstić information content (AvgIpc) is 1.69. The molecule has 1 rings (SSSR count). The predicted octanol–water partition coefficient (Wildman–Crippen LogP) is -1.15. The van der Waals surface area contributed by atoms with Gasteiger partial charge in [0.05, 0.1) is 0 Å². The highest BCUT2D eigenvalue weighted by Crippen LogP contribution is 2.01. The zero-order valence-electron chi connectivity index (χ0n) is 5.01. The Labute approximate surface area is 60.6 Å². The lowest BCUT2D eigenvalue weighted by Gasteiger charge is -1.79. The maximum Gasteiger partial charge on any atom is 1.00 e. The molecule has 0 fully saturated rings. The van der Waals surface area contributed by atoms with E-state index in [1.807, 2.05) is 0 Å². The summed E-state index contributed by atoms with van der Waals surface area (Å²) < 4.78 is 0. The Morgan fingerprint density at radius 3 is 2.12 bits per heavy atom. The molecule has 0 saturated carbocycles. The quantitative estimate of drug-likeness (QED) is 0.455. The molecule has 44 valence electrons. The first-order valence-electron chi connectivity index (χ1n) is 1.95. The number of rotatable bonds is 0. The van der Waals surface area contributed by atoms with Crippen molar-refractivity contribution in [2.24, 2.45) is 0 Å². The lowest BCUT2D eigenvalue weighted by Crippen LogP contribution is -3.00. The maximum absolute atomic E-state index is 5.50. The summed E-state index contributed by atoms with van der Waals surface area (Å²) in [6.45, 7) is 0. The highest BCUT2D eigenvalue weighted by molar-refractivity contribution is 6.30. The van der Waals surface area contributed by atoms with Crippen LogP contribution in [0.4, 0.5) is 0 Å². The van der Waals surface area contributed by atoms with Crippen LogP contribution in [0.15, 0.2) is 24.5 Å². The Kier molecular flexibility index (Phi) is 3.57. The molecule has 0 aromatic carbocycles. The standard InChI is InChI=1S/C5H4ClN.ClH/c6-5-1-3-7-4-2-5;/h1-4H;1H. The predicted molar refractivity (Wildman–Crippen MR) is 30.4 cm³/mol. The van der Waals surface area contributed by atoms with Crippen LogP contribution in [0.3, 0.4) is 0 Å². The number of pyridine rings is 1. The lowest BCUT2D eigenvalue weighted by molar-refractivity contribution is -0.00000139. The van der Waals surface area contributed by atoms with E-state index in [2.05, 4.69) is 4.98 Å². The summed E-state index contributed by atoms with van der Waals surface area (Å²) in [5.41, 5.74) is 0. The zero-order chi connectivity index (χ0) is 5.11. The van der Waals surface area contributed by atoms with Gasteiger partial charge in [0.15, 0.2) is 0 Å². The van der Waals surface area contributed by atoms with Gasteiger partial charge in [0, 0.05) is 17.4 Å². The van der Waals surface area contributed by atoms with E-state index in [0.29, 0.717) is 0 Å². The average molecular weight is 150 g/mol. The second-order valence-corrected chi connectivity index (χ2v) is 1.60. The fourth-order valence-electron chi connectivity index (χ4n) is 0.334. The molecule has 0 saturated heterocycles. The van der Waals surface area contributed by atoms with E-state index >= 15 is 0 Å². The van der Waals surface area contributed by atoms with Crippen molar-refractivity contribution >= 4 is 11.6 Å². The minimum absolute atomic E-state index is 0. The summed E-state index contributed by atoms with van der Waals surface area (Å²) in [5.74, 6) is 0. The van der Waals surface area contributed by atoms with E-state index in [4.69, 9.17) is 11.6 Å². The largest absolute Gasteiger partial charge is 1.00 e. The van der Waals surface area contributed by atoms with Gasteiger partial charge in [-0.1, -0.05) is 11.6 Å². The van der Waals surface area contributed by atoms with Crippen LogP contribution in [0.2, 0.25) is 5.02 Å². The molecule has 1 aromatic rings. The molecule has 0 aliphatic carbocycles. The molecule has 0 bridgehead atoms. The smallest absolute Gasteiger partial charge is 1.00 e. The van der Waals surface area contributed by atoms with Gasteiger partial charge in [0.25, 0.3) is 0 Å². The summed E-state index contributed by atoms with van der Waals surface area (Å²) >= 11 is 5.50. The van der Waals surface area contributed by atoms with Crippen molar-refractivity contribution in [3.8, 4) is 0 Å². The summed E-state index contributed by atoms with van der Waals surface area (Å²) in [6, 6.07) is 3.48. The first-order chi connectivity index (χ1) is 3.39. The van der Waals surface area contributed by atoms with Crippen molar-refractivity contribution < 1.29 is 13.8 Å². The molecule has 0 atom stereocenters. The molecule has 3 heteroatoms. The molecule has 0 amide bonds. The molecule has 1 heterocycles. The van der Waals surface area contributed by atoms with Crippen molar-refractivity contribution in [3.63, 3.8) is 0 Å². The second kappa shape index (κ2) is 3.70. The van der Waals surface area contributed by atoms with Crippen LogP contribution < -0.4 is 12.4 Å². The van der Waals surface area contributed by atoms with Crippen LogP contribution in [0.5, 0.6) is 0 Å². The normalized spacial score (nSPS) is 7.62. The minimum atomic E-state index is 0. The van der Waals surface area contributed by atoms with Gasteiger partial charge in [-0.3, -0.25) is 4.98 Å². The van der Waals surface area contributed by atoms with Crippen LogP contribution in [0.25, 0.3) is 0 Å². The molecule has 0 unspecified atom stereocenters. The zero-order valence-corrected chi connectivity index (χ0v) is 5.52. The lowest BCUT2D eigenvalue weighted by atomic mass is 10.5. The third kappa shape index (κ3) is 2.15. The van der Waals surface area contributed by atoms with Crippen LogP contribution in [0.1, 0.15) is 1.43 Å². The molecule has 0 aliphatic rings. The number of aromatic nitrogens is 1. The summed E-state index contributed by atoms with van der Waals surface area (Å²) in [5, 5.41) is 0.731. The van der Waals surface area contributed by atoms with E-state index in [1.165, 1.54) is 0 Å². The van der Waals surface area contributed by atoms with Gasteiger partial charge in [-0.2, -0.15) is 0 Å². The fraction of sp³-hybridized carbons (Fsp3) is 0. The second-order valence-electron chi connectivity index (χ2n) is 1.17. The summed E-state index contributed by atoms with van der Waals surface area (Å²) in [4.78, 5) is 3.76. The van der Waals surface area contributed by atoms with Crippen LogP contribution >= 0.6 is 11.6 Å². The number of hydrogen-bond donors (Lipinski definition) is 0. The topological polar surface area (TPSA) is 12.9 Å². The first kappa shape index (κ1) is 7.73. The Hall–Kier alpha value is -0.270. The van der Waals surface area contributed by atoms with Gasteiger partial charge < -0.3 is 12.4 Å². The van der Waals surface area contributed by atoms with Crippen molar-refractivity contribution in [1.82, 2.24) is 4.98 Å². The van der Waals surface area contributed by atoms with Crippen molar-refractivity contribution in [1.29, 1.82) is 0 Å². The molecule has 0 radical (unpaired) electrons. The van der Waals surface area contributed by atoms with Crippen molar-refractivity contribution in [2.75, 3.05) is 0 Å². The summed E-state index contributed by atoms with van der Waals surface area (Å²) in [6.07, 6.45) is 3.31. The fourth-order valence-corrected chi connectivity index (χ4v) is 0.446. The minimum Gasteiger partial charge on any atom is -1.00 e. The monoisotopic (exact) mass is 149 g/mol.